The van der Waals surface area contributed by atoms with E-state index in [1.807, 2.05) is 24.8 Å². The zero-order chi connectivity index (χ0) is 21.5. The van der Waals surface area contributed by atoms with Gasteiger partial charge in [0, 0.05) is 33.9 Å². The molecule has 0 amide bonds. The number of hydrogen-bond acceptors (Lipinski definition) is 2. The molecule has 152 valence electrons. The fourth-order valence-corrected chi connectivity index (χ4v) is 5.70. The first-order valence-corrected chi connectivity index (χ1v) is 11.2. The minimum Gasteiger partial charge on any atom is -0.305 e. The van der Waals surface area contributed by atoms with E-state index in [4.69, 9.17) is 0 Å². The zero-order valence-electron chi connectivity index (χ0n) is 17.7. The van der Waals surface area contributed by atoms with Crippen molar-refractivity contribution in [2.24, 2.45) is 0 Å². The molecular formula is C30H17N3. The largest absolute Gasteiger partial charge is 0.305 e. The first-order valence-electron chi connectivity index (χ1n) is 11.2. The van der Waals surface area contributed by atoms with Crippen molar-refractivity contribution in [3.05, 3.63) is 104 Å². The Labute approximate surface area is 188 Å². The SMILES string of the molecule is c1ccc2c(c1)ccc1cccc(-c3cc4c5ccncc5n5c6cnccc6c(c3)c45)c12. The lowest BCUT2D eigenvalue weighted by Crippen LogP contribution is -1.85. The van der Waals surface area contributed by atoms with Crippen molar-refractivity contribution in [1.29, 1.82) is 0 Å². The van der Waals surface area contributed by atoms with Crippen LogP contribution in [0.5, 0.6) is 0 Å². The molecule has 8 aromatic rings. The Morgan fingerprint density at radius 1 is 0.545 bits per heavy atom. The predicted molar refractivity (Wildman–Crippen MR) is 137 cm³/mol. The molecule has 0 saturated carbocycles. The fraction of sp³-hybridized carbons (Fsp3) is 0. The number of rotatable bonds is 1. The summed E-state index contributed by atoms with van der Waals surface area (Å²) in [5, 5.41) is 10.1. The van der Waals surface area contributed by atoms with Gasteiger partial charge in [0.25, 0.3) is 0 Å². The van der Waals surface area contributed by atoms with Crippen molar-refractivity contribution in [2.75, 3.05) is 0 Å². The van der Waals surface area contributed by atoms with E-state index in [1.165, 1.54) is 59.7 Å². The molecule has 3 nitrogen and oxygen atoms in total. The maximum Gasteiger partial charge on any atom is 0.0725 e. The summed E-state index contributed by atoms with van der Waals surface area (Å²) in [6.45, 7) is 0. The highest BCUT2D eigenvalue weighted by molar-refractivity contribution is 6.25. The number of nitrogens with zero attached hydrogens (tertiary/aromatic N) is 3. The lowest BCUT2D eigenvalue weighted by molar-refractivity contribution is 1.27. The molecule has 0 radical (unpaired) electrons. The molecule has 0 aliphatic heterocycles. The van der Waals surface area contributed by atoms with Crippen LogP contribution < -0.4 is 0 Å². The summed E-state index contributed by atoms with van der Waals surface area (Å²) in [6.07, 6.45) is 7.70. The summed E-state index contributed by atoms with van der Waals surface area (Å²) in [4.78, 5) is 8.85. The lowest BCUT2D eigenvalue weighted by Gasteiger charge is -2.11. The van der Waals surface area contributed by atoms with Crippen molar-refractivity contribution >= 4 is 59.6 Å². The van der Waals surface area contributed by atoms with Gasteiger partial charge in [-0.1, -0.05) is 54.6 Å². The van der Waals surface area contributed by atoms with Crippen LogP contribution >= 0.6 is 0 Å². The van der Waals surface area contributed by atoms with Gasteiger partial charge in [-0.2, -0.15) is 0 Å². The van der Waals surface area contributed by atoms with E-state index in [0.29, 0.717) is 0 Å². The molecule has 0 aliphatic carbocycles. The second-order valence-electron chi connectivity index (χ2n) is 8.73. The van der Waals surface area contributed by atoms with Gasteiger partial charge < -0.3 is 4.40 Å². The van der Waals surface area contributed by atoms with Gasteiger partial charge in [0.2, 0.25) is 0 Å². The standard InChI is InChI=1S/C30H17N3/c1-2-6-21-18(4-1)8-9-19-5-3-7-22(29(19)21)20-14-25-23-10-12-31-16-27(23)33-28-17-32-13-11-24(28)26(15-20)30(25)33/h1-17H. The normalized spacial score (nSPS) is 12.2. The van der Waals surface area contributed by atoms with E-state index in [2.05, 4.69) is 93.2 Å². The van der Waals surface area contributed by atoms with Crippen molar-refractivity contribution in [3.8, 4) is 11.1 Å². The maximum absolute atomic E-state index is 4.43. The van der Waals surface area contributed by atoms with Crippen LogP contribution in [-0.2, 0) is 0 Å². The van der Waals surface area contributed by atoms with Gasteiger partial charge in [0.1, 0.15) is 0 Å². The summed E-state index contributed by atoms with van der Waals surface area (Å²) >= 11 is 0. The third kappa shape index (κ3) is 2.14. The van der Waals surface area contributed by atoms with Crippen molar-refractivity contribution in [3.63, 3.8) is 0 Å². The average molecular weight is 419 g/mol. The third-order valence-electron chi connectivity index (χ3n) is 7.08. The Bertz CT molecular complexity index is 1950. The van der Waals surface area contributed by atoms with Crippen molar-refractivity contribution in [1.82, 2.24) is 14.4 Å². The fourth-order valence-electron chi connectivity index (χ4n) is 5.70. The Morgan fingerprint density at radius 3 is 1.97 bits per heavy atom. The summed E-state index contributed by atoms with van der Waals surface area (Å²) < 4.78 is 2.32. The number of pyridine rings is 2. The minimum atomic E-state index is 1.13. The van der Waals surface area contributed by atoms with Crippen molar-refractivity contribution < 1.29 is 0 Å². The van der Waals surface area contributed by atoms with Crippen LogP contribution in [0.1, 0.15) is 0 Å². The second kappa shape index (κ2) is 6.05. The first-order chi connectivity index (χ1) is 16.4. The number of hydrogen-bond donors (Lipinski definition) is 0. The molecule has 8 rings (SSSR count). The van der Waals surface area contributed by atoms with E-state index in [0.717, 1.165) is 11.0 Å². The Balaban J connectivity index is 1.60. The summed E-state index contributed by atoms with van der Waals surface area (Å²) in [6, 6.07) is 28.7. The van der Waals surface area contributed by atoms with E-state index < -0.39 is 0 Å². The van der Waals surface area contributed by atoms with E-state index in [9.17, 15) is 0 Å². The molecule has 0 unspecified atom stereocenters. The monoisotopic (exact) mass is 419 g/mol. The van der Waals surface area contributed by atoms with Crippen molar-refractivity contribution in [2.45, 2.75) is 0 Å². The zero-order valence-corrected chi connectivity index (χ0v) is 17.7. The molecule has 33 heavy (non-hydrogen) atoms. The minimum absolute atomic E-state index is 1.13. The molecule has 4 aromatic carbocycles. The molecule has 0 atom stereocenters. The molecule has 3 heteroatoms. The lowest BCUT2D eigenvalue weighted by atomic mass is 9.92. The predicted octanol–water partition coefficient (Wildman–Crippen LogP) is 7.60. The molecule has 4 aromatic heterocycles. The van der Waals surface area contributed by atoms with Crippen LogP contribution in [0.4, 0.5) is 0 Å². The average Bonchev–Trinajstić information content (AvgIpc) is 3.40. The molecule has 0 saturated heterocycles. The molecular weight excluding hydrogens is 402 g/mol. The Kier molecular flexibility index (Phi) is 3.14. The smallest absolute Gasteiger partial charge is 0.0725 e. The van der Waals surface area contributed by atoms with Gasteiger partial charge in [0.05, 0.1) is 28.9 Å². The highest BCUT2D eigenvalue weighted by atomic mass is 14.9. The quantitative estimate of drug-likeness (QED) is 0.256. The highest BCUT2D eigenvalue weighted by Gasteiger charge is 2.19. The summed E-state index contributed by atoms with van der Waals surface area (Å²) in [5.74, 6) is 0. The van der Waals surface area contributed by atoms with Crippen LogP contribution in [0.3, 0.4) is 0 Å². The van der Waals surface area contributed by atoms with E-state index in [1.54, 1.807) is 0 Å². The van der Waals surface area contributed by atoms with Crippen LogP contribution in [0.2, 0.25) is 0 Å². The van der Waals surface area contributed by atoms with Crippen LogP contribution in [-0.4, -0.2) is 14.4 Å². The Morgan fingerprint density at radius 2 is 1.21 bits per heavy atom. The second-order valence-corrected chi connectivity index (χ2v) is 8.73. The van der Waals surface area contributed by atoms with Gasteiger partial charge in [-0.05, 0) is 56.9 Å². The molecule has 0 N–H and O–H groups in total. The van der Waals surface area contributed by atoms with Crippen LogP contribution in [0, 0.1) is 0 Å². The number of benzene rings is 4. The van der Waals surface area contributed by atoms with Crippen LogP contribution in [0.15, 0.2) is 104 Å². The maximum atomic E-state index is 4.43. The van der Waals surface area contributed by atoms with Gasteiger partial charge >= 0.3 is 0 Å². The summed E-state index contributed by atoms with van der Waals surface area (Å²) in [5.41, 5.74) is 6.00. The molecule has 0 spiro atoms. The van der Waals surface area contributed by atoms with Gasteiger partial charge in [-0.15, -0.1) is 0 Å². The van der Waals surface area contributed by atoms with Gasteiger partial charge in [-0.3, -0.25) is 9.97 Å². The van der Waals surface area contributed by atoms with Gasteiger partial charge in [-0.25, -0.2) is 0 Å². The van der Waals surface area contributed by atoms with E-state index in [-0.39, 0.29) is 0 Å². The van der Waals surface area contributed by atoms with Gasteiger partial charge in [0.15, 0.2) is 0 Å². The topological polar surface area (TPSA) is 30.2 Å². The first kappa shape index (κ1) is 17.1. The molecule has 0 fully saturated rings. The molecule has 0 bridgehead atoms. The highest BCUT2D eigenvalue weighted by Crippen LogP contribution is 2.43. The van der Waals surface area contributed by atoms with E-state index >= 15 is 0 Å². The molecule has 4 heterocycles. The summed E-state index contributed by atoms with van der Waals surface area (Å²) in [7, 11) is 0. The Hall–Kier alpha value is -4.50. The third-order valence-corrected chi connectivity index (χ3v) is 7.08. The number of fused-ring (bicyclic) bond motifs is 9. The molecule has 0 aliphatic rings. The van der Waals surface area contributed by atoms with Crippen LogP contribution in [0.25, 0.3) is 70.8 Å². The number of aromatic nitrogens is 3.